The van der Waals surface area contributed by atoms with Crippen molar-refractivity contribution in [2.75, 3.05) is 26.4 Å². The maximum atomic E-state index is 12.7. The molecule has 2 unspecified atom stereocenters. The second-order valence-corrected chi connectivity index (χ2v) is 8.70. The highest BCUT2D eigenvalue weighted by Gasteiger charge is 2.21. The molecule has 8 heteroatoms. The van der Waals surface area contributed by atoms with Crippen LogP contribution in [0.25, 0.3) is 11.3 Å². The summed E-state index contributed by atoms with van der Waals surface area (Å²) in [6.45, 7) is 2.70. The summed E-state index contributed by atoms with van der Waals surface area (Å²) >= 11 is 0. The van der Waals surface area contributed by atoms with Gasteiger partial charge in [0.2, 0.25) is 5.88 Å². The first-order chi connectivity index (χ1) is 16.7. The van der Waals surface area contributed by atoms with E-state index in [1.807, 2.05) is 18.2 Å². The molecule has 4 heterocycles. The first-order valence-electron chi connectivity index (χ1n) is 11.8. The summed E-state index contributed by atoms with van der Waals surface area (Å²) in [5.74, 6) is 0.321. The van der Waals surface area contributed by atoms with Gasteiger partial charge in [-0.3, -0.25) is 9.55 Å². The summed E-state index contributed by atoms with van der Waals surface area (Å²) in [7, 11) is 0. The number of nitrogens with zero attached hydrogens (tertiary/aromatic N) is 3. The van der Waals surface area contributed by atoms with Crippen molar-refractivity contribution in [3.05, 3.63) is 76.0 Å². The van der Waals surface area contributed by atoms with Crippen LogP contribution in [0.1, 0.15) is 35.6 Å². The Kier molecular flexibility index (Phi) is 6.99. The van der Waals surface area contributed by atoms with Gasteiger partial charge >= 0.3 is 5.69 Å². The van der Waals surface area contributed by atoms with Gasteiger partial charge in [0.15, 0.2) is 0 Å². The summed E-state index contributed by atoms with van der Waals surface area (Å²) < 4.78 is 18.7. The van der Waals surface area contributed by atoms with Gasteiger partial charge in [0.1, 0.15) is 6.61 Å². The molecule has 3 aromatic rings. The number of hydrogen-bond donors (Lipinski definition) is 1. The van der Waals surface area contributed by atoms with Gasteiger partial charge in [0.25, 0.3) is 0 Å². The first kappa shape index (κ1) is 22.7. The Bertz CT molecular complexity index is 1170. The maximum absolute atomic E-state index is 12.7. The summed E-state index contributed by atoms with van der Waals surface area (Å²) in [5.41, 5.74) is 4.72. The third kappa shape index (κ3) is 5.19. The molecule has 1 saturated heterocycles. The largest absolute Gasteiger partial charge is 0.475 e. The molecule has 2 aliphatic heterocycles. The van der Waals surface area contributed by atoms with Gasteiger partial charge in [-0.25, -0.2) is 4.79 Å². The van der Waals surface area contributed by atoms with Crippen LogP contribution in [0, 0.1) is 0 Å². The number of aliphatic hydroxyl groups excluding tert-OH is 1. The third-order valence-electron chi connectivity index (χ3n) is 6.40. The maximum Gasteiger partial charge on any atom is 0.351 e. The van der Waals surface area contributed by atoms with E-state index in [4.69, 9.17) is 14.2 Å². The minimum absolute atomic E-state index is 0.0695. The monoisotopic (exact) mass is 463 g/mol. The number of benzene rings is 1. The Morgan fingerprint density at radius 1 is 1.21 bits per heavy atom. The number of fused-ring (bicyclic) bond motifs is 3. The van der Waals surface area contributed by atoms with Crippen molar-refractivity contribution >= 4 is 0 Å². The molecule has 0 radical (unpaired) electrons. The zero-order valence-corrected chi connectivity index (χ0v) is 19.1. The molecule has 2 aliphatic rings. The Morgan fingerprint density at radius 2 is 2.15 bits per heavy atom. The smallest absolute Gasteiger partial charge is 0.351 e. The zero-order chi connectivity index (χ0) is 23.3. The van der Waals surface area contributed by atoms with Crippen LogP contribution in [-0.4, -0.2) is 52.2 Å². The van der Waals surface area contributed by atoms with Crippen molar-refractivity contribution in [1.82, 2.24) is 14.5 Å². The van der Waals surface area contributed by atoms with Crippen LogP contribution in [0.2, 0.25) is 0 Å². The SMILES string of the molecule is O=c1nc(OCC2CCOCCO2)cc2n1CCc1cc(CCC(O)c3cccnc3)ccc1-2. The predicted octanol–water partition coefficient (Wildman–Crippen LogP) is 2.71. The van der Waals surface area contributed by atoms with E-state index in [1.165, 1.54) is 5.56 Å². The van der Waals surface area contributed by atoms with Gasteiger partial charge in [0.05, 0.1) is 31.1 Å². The number of aromatic nitrogens is 3. The molecule has 0 saturated carbocycles. The van der Waals surface area contributed by atoms with Crippen LogP contribution < -0.4 is 10.4 Å². The Morgan fingerprint density at radius 3 is 3.03 bits per heavy atom. The van der Waals surface area contributed by atoms with Gasteiger partial charge in [0, 0.05) is 43.6 Å². The van der Waals surface area contributed by atoms with E-state index < -0.39 is 6.10 Å². The first-order valence-corrected chi connectivity index (χ1v) is 11.8. The number of aliphatic hydroxyl groups is 1. The molecule has 0 aliphatic carbocycles. The molecule has 0 spiro atoms. The molecule has 8 nitrogen and oxygen atoms in total. The van der Waals surface area contributed by atoms with E-state index in [0.717, 1.165) is 41.6 Å². The molecule has 5 rings (SSSR count). The molecule has 178 valence electrons. The minimum atomic E-state index is -0.543. The highest BCUT2D eigenvalue weighted by molar-refractivity contribution is 5.67. The number of aryl methyl sites for hydroxylation is 2. The lowest BCUT2D eigenvalue weighted by molar-refractivity contribution is 0.0237. The van der Waals surface area contributed by atoms with E-state index in [1.54, 1.807) is 17.0 Å². The highest BCUT2D eigenvalue weighted by Crippen LogP contribution is 2.31. The molecular formula is C26H29N3O5. The molecule has 2 atom stereocenters. The van der Waals surface area contributed by atoms with Crippen molar-refractivity contribution in [2.24, 2.45) is 0 Å². The normalized spacial score (nSPS) is 18.4. The lowest BCUT2D eigenvalue weighted by atomic mass is 9.93. The van der Waals surface area contributed by atoms with Gasteiger partial charge in [-0.15, -0.1) is 0 Å². The standard InChI is InChI=1S/C26H29N3O5/c30-24(20-2-1-9-27-16-20)6-4-18-3-5-22-19(14-18)7-10-29-23(22)15-25(28-26(29)31)34-17-21-8-11-32-12-13-33-21/h1-3,5,9,14-16,21,24,30H,4,6-8,10-13,17H2. The fourth-order valence-electron chi connectivity index (χ4n) is 4.52. The van der Waals surface area contributed by atoms with Crippen molar-refractivity contribution in [3.63, 3.8) is 0 Å². The highest BCUT2D eigenvalue weighted by atomic mass is 16.6. The number of ether oxygens (including phenoxy) is 3. The molecule has 1 fully saturated rings. The third-order valence-corrected chi connectivity index (χ3v) is 6.40. The number of pyridine rings is 1. The van der Waals surface area contributed by atoms with E-state index in [2.05, 4.69) is 28.2 Å². The summed E-state index contributed by atoms with van der Waals surface area (Å²) in [6.07, 6.45) is 5.69. The van der Waals surface area contributed by atoms with Crippen LogP contribution in [0.5, 0.6) is 5.88 Å². The fraction of sp³-hybridized carbons (Fsp3) is 0.423. The van der Waals surface area contributed by atoms with Gasteiger partial charge in [-0.1, -0.05) is 24.3 Å². The number of hydrogen-bond acceptors (Lipinski definition) is 7. The van der Waals surface area contributed by atoms with Crippen molar-refractivity contribution < 1.29 is 19.3 Å². The summed E-state index contributed by atoms with van der Waals surface area (Å²) in [6, 6.07) is 11.9. The van der Waals surface area contributed by atoms with Crippen LogP contribution in [-0.2, 0) is 28.9 Å². The van der Waals surface area contributed by atoms with Crippen molar-refractivity contribution in [1.29, 1.82) is 0 Å². The Hall–Kier alpha value is -3.07. The summed E-state index contributed by atoms with van der Waals surface area (Å²) in [5, 5.41) is 10.5. The second kappa shape index (κ2) is 10.5. The molecule has 1 aromatic carbocycles. The van der Waals surface area contributed by atoms with Crippen LogP contribution >= 0.6 is 0 Å². The van der Waals surface area contributed by atoms with Crippen molar-refractivity contribution in [3.8, 4) is 17.1 Å². The van der Waals surface area contributed by atoms with Crippen LogP contribution in [0.15, 0.2) is 53.6 Å². The lowest BCUT2D eigenvalue weighted by Gasteiger charge is -2.23. The topological polar surface area (TPSA) is 95.7 Å². The molecule has 34 heavy (non-hydrogen) atoms. The fourth-order valence-corrected chi connectivity index (χ4v) is 4.52. The van der Waals surface area contributed by atoms with Crippen LogP contribution in [0.4, 0.5) is 0 Å². The van der Waals surface area contributed by atoms with E-state index in [-0.39, 0.29) is 11.8 Å². The molecular weight excluding hydrogens is 434 g/mol. The zero-order valence-electron chi connectivity index (χ0n) is 19.1. The van der Waals surface area contributed by atoms with Crippen molar-refractivity contribution in [2.45, 2.75) is 44.4 Å². The van der Waals surface area contributed by atoms with Gasteiger partial charge in [-0.05, 0) is 42.0 Å². The Balaban J connectivity index is 1.30. The quantitative estimate of drug-likeness (QED) is 0.576. The second-order valence-electron chi connectivity index (χ2n) is 8.70. The molecule has 2 aromatic heterocycles. The predicted molar refractivity (Wildman–Crippen MR) is 126 cm³/mol. The van der Waals surface area contributed by atoms with E-state index in [9.17, 15) is 9.90 Å². The van der Waals surface area contributed by atoms with Crippen LogP contribution in [0.3, 0.4) is 0 Å². The average molecular weight is 464 g/mol. The number of rotatable bonds is 7. The van der Waals surface area contributed by atoms with Gasteiger partial charge < -0.3 is 19.3 Å². The minimum Gasteiger partial charge on any atom is -0.475 e. The molecule has 1 N–H and O–H groups in total. The Labute approximate surface area is 198 Å². The molecule has 0 amide bonds. The average Bonchev–Trinajstić information content (AvgIpc) is 3.15. The van der Waals surface area contributed by atoms with E-state index >= 15 is 0 Å². The summed E-state index contributed by atoms with van der Waals surface area (Å²) in [4.78, 5) is 20.9. The lowest BCUT2D eigenvalue weighted by Crippen LogP contribution is -2.29. The van der Waals surface area contributed by atoms with E-state index in [0.29, 0.717) is 45.3 Å². The molecule has 0 bridgehead atoms. The van der Waals surface area contributed by atoms with Gasteiger partial charge in [-0.2, -0.15) is 4.98 Å².